The molecule has 0 heterocycles. The summed E-state index contributed by atoms with van der Waals surface area (Å²) in [6, 6.07) is 11.9. The van der Waals surface area contributed by atoms with Gasteiger partial charge in [-0.1, -0.05) is 35.9 Å². The van der Waals surface area contributed by atoms with Crippen LogP contribution in [0.4, 0.5) is 18.9 Å². The molecule has 0 aliphatic rings. The van der Waals surface area contributed by atoms with E-state index in [1.54, 1.807) is 25.1 Å². The molecule has 24 heavy (non-hydrogen) atoms. The number of carbonyl (C=O) groups excluding carboxylic acids is 1. The molecule has 2 aromatic carbocycles. The van der Waals surface area contributed by atoms with Crippen molar-refractivity contribution in [2.45, 2.75) is 32.6 Å². The molecule has 6 heteroatoms. The number of carbonyl (C=O) groups is 1. The monoisotopic (exact) mass is 336 g/mol. The average Bonchev–Trinajstić information content (AvgIpc) is 2.54. The van der Waals surface area contributed by atoms with E-state index in [1.807, 2.05) is 19.1 Å². The van der Waals surface area contributed by atoms with E-state index >= 15 is 0 Å². The highest BCUT2D eigenvalue weighted by atomic mass is 19.4. The normalized spacial score (nSPS) is 12.7. The maximum atomic E-state index is 12.7. The molecule has 0 saturated heterocycles. The fourth-order valence-corrected chi connectivity index (χ4v) is 2.11. The lowest BCUT2D eigenvalue weighted by Crippen LogP contribution is -2.37. The minimum atomic E-state index is -4.37. The first kappa shape index (κ1) is 18.0. The summed E-state index contributed by atoms with van der Waals surface area (Å²) >= 11 is 0. The SMILES string of the molecule is Cc1ccc(NC(=O)[C@@H](C)NCc2cccc(C(F)(F)F)c2)cc1. The van der Waals surface area contributed by atoms with Gasteiger partial charge in [0.1, 0.15) is 0 Å². The Bertz CT molecular complexity index is 696. The smallest absolute Gasteiger partial charge is 0.325 e. The molecule has 2 aromatic rings. The molecule has 1 amide bonds. The maximum Gasteiger partial charge on any atom is 0.416 e. The summed E-state index contributed by atoms with van der Waals surface area (Å²) in [6.07, 6.45) is -4.37. The summed E-state index contributed by atoms with van der Waals surface area (Å²) < 4.78 is 38.0. The van der Waals surface area contributed by atoms with Gasteiger partial charge < -0.3 is 10.6 Å². The lowest BCUT2D eigenvalue weighted by Gasteiger charge is -2.15. The van der Waals surface area contributed by atoms with Crippen LogP contribution >= 0.6 is 0 Å². The number of amides is 1. The summed E-state index contributed by atoms with van der Waals surface area (Å²) in [5.41, 5.74) is 1.54. The highest BCUT2D eigenvalue weighted by molar-refractivity contribution is 5.94. The van der Waals surface area contributed by atoms with Gasteiger partial charge >= 0.3 is 6.18 Å². The molecular formula is C18H19F3N2O. The standard InChI is InChI=1S/C18H19F3N2O/c1-12-6-8-16(9-7-12)23-17(24)13(2)22-11-14-4-3-5-15(10-14)18(19,20)21/h3-10,13,22H,11H2,1-2H3,(H,23,24)/t13-/m1/s1. The van der Waals surface area contributed by atoms with Crippen molar-refractivity contribution >= 4 is 11.6 Å². The molecule has 0 radical (unpaired) electrons. The van der Waals surface area contributed by atoms with Crippen LogP contribution in [0.5, 0.6) is 0 Å². The minimum absolute atomic E-state index is 0.173. The zero-order valence-corrected chi connectivity index (χ0v) is 13.4. The van der Waals surface area contributed by atoms with Crippen LogP contribution in [0.25, 0.3) is 0 Å². The Kier molecular flexibility index (Phi) is 5.62. The molecular weight excluding hydrogens is 317 g/mol. The predicted octanol–water partition coefficient (Wildman–Crippen LogP) is 4.13. The van der Waals surface area contributed by atoms with Crippen molar-refractivity contribution in [2.24, 2.45) is 0 Å². The number of anilines is 1. The third-order valence-corrected chi connectivity index (χ3v) is 3.58. The summed E-state index contributed by atoms with van der Waals surface area (Å²) in [7, 11) is 0. The first-order valence-corrected chi connectivity index (χ1v) is 7.53. The van der Waals surface area contributed by atoms with Crippen LogP contribution in [0.3, 0.4) is 0 Å². The van der Waals surface area contributed by atoms with Crippen molar-refractivity contribution in [1.82, 2.24) is 5.32 Å². The maximum absolute atomic E-state index is 12.7. The van der Waals surface area contributed by atoms with Crippen LogP contribution in [0, 0.1) is 6.92 Å². The summed E-state index contributed by atoms with van der Waals surface area (Å²) in [5.74, 6) is -0.245. The van der Waals surface area contributed by atoms with Crippen LogP contribution in [0.15, 0.2) is 48.5 Å². The van der Waals surface area contributed by atoms with Crippen molar-refractivity contribution in [1.29, 1.82) is 0 Å². The zero-order chi connectivity index (χ0) is 17.7. The second-order valence-electron chi connectivity index (χ2n) is 5.66. The van der Waals surface area contributed by atoms with Crippen molar-refractivity contribution in [3.8, 4) is 0 Å². The quantitative estimate of drug-likeness (QED) is 0.862. The van der Waals surface area contributed by atoms with Gasteiger partial charge in [0.15, 0.2) is 0 Å². The van der Waals surface area contributed by atoms with E-state index in [1.165, 1.54) is 6.07 Å². The minimum Gasteiger partial charge on any atom is -0.325 e. The van der Waals surface area contributed by atoms with Gasteiger partial charge in [0.2, 0.25) is 5.91 Å². The van der Waals surface area contributed by atoms with Gasteiger partial charge in [0, 0.05) is 12.2 Å². The van der Waals surface area contributed by atoms with E-state index in [4.69, 9.17) is 0 Å². The van der Waals surface area contributed by atoms with E-state index in [0.717, 1.165) is 17.7 Å². The molecule has 0 bridgehead atoms. The van der Waals surface area contributed by atoms with Gasteiger partial charge in [0.25, 0.3) is 0 Å². The molecule has 0 fully saturated rings. The first-order valence-electron chi connectivity index (χ1n) is 7.53. The van der Waals surface area contributed by atoms with Gasteiger partial charge in [-0.25, -0.2) is 0 Å². The number of aryl methyl sites for hydroxylation is 1. The lowest BCUT2D eigenvalue weighted by atomic mass is 10.1. The van der Waals surface area contributed by atoms with Crippen LogP contribution in [0.2, 0.25) is 0 Å². The molecule has 0 aromatic heterocycles. The molecule has 0 aliphatic heterocycles. The topological polar surface area (TPSA) is 41.1 Å². The highest BCUT2D eigenvalue weighted by Gasteiger charge is 2.30. The highest BCUT2D eigenvalue weighted by Crippen LogP contribution is 2.29. The molecule has 2 rings (SSSR count). The van der Waals surface area contributed by atoms with Crippen LogP contribution in [0.1, 0.15) is 23.6 Å². The molecule has 2 N–H and O–H groups in total. The number of benzene rings is 2. The second kappa shape index (κ2) is 7.49. The summed E-state index contributed by atoms with van der Waals surface area (Å²) in [5, 5.41) is 5.69. The zero-order valence-electron chi connectivity index (χ0n) is 13.4. The molecule has 1 atom stereocenters. The average molecular weight is 336 g/mol. The second-order valence-corrected chi connectivity index (χ2v) is 5.66. The van der Waals surface area contributed by atoms with E-state index < -0.39 is 17.8 Å². The third kappa shape index (κ3) is 5.09. The van der Waals surface area contributed by atoms with Gasteiger partial charge in [-0.05, 0) is 37.6 Å². The number of halogens is 3. The Morgan fingerprint density at radius 1 is 1.12 bits per heavy atom. The van der Waals surface area contributed by atoms with Gasteiger partial charge in [-0.15, -0.1) is 0 Å². The molecule has 0 saturated carbocycles. The Morgan fingerprint density at radius 2 is 1.79 bits per heavy atom. The number of alkyl halides is 3. The van der Waals surface area contributed by atoms with E-state index in [0.29, 0.717) is 11.3 Å². The number of hydrogen-bond donors (Lipinski definition) is 2. The Labute approximate surface area is 138 Å². The molecule has 128 valence electrons. The van der Waals surface area contributed by atoms with Gasteiger partial charge in [-0.3, -0.25) is 4.79 Å². The van der Waals surface area contributed by atoms with Crippen molar-refractivity contribution < 1.29 is 18.0 Å². The van der Waals surface area contributed by atoms with Gasteiger partial charge in [0.05, 0.1) is 11.6 Å². The summed E-state index contributed by atoms with van der Waals surface area (Å²) in [6.45, 7) is 3.79. The van der Waals surface area contributed by atoms with E-state index in [2.05, 4.69) is 10.6 Å². The molecule has 0 aliphatic carbocycles. The van der Waals surface area contributed by atoms with Crippen molar-refractivity contribution in [2.75, 3.05) is 5.32 Å². The third-order valence-electron chi connectivity index (χ3n) is 3.58. The number of hydrogen-bond acceptors (Lipinski definition) is 2. The fraction of sp³-hybridized carbons (Fsp3) is 0.278. The van der Waals surface area contributed by atoms with Gasteiger partial charge in [-0.2, -0.15) is 13.2 Å². The Hall–Kier alpha value is -2.34. The molecule has 3 nitrogen and oxygen atoms in total. The molecule has 0 spiro atoms. The van der Waals surface area contributed by atoms with Crippen LogP contribution in [-0.4, -0.2) is 11.9 Å². The van der Waals surface area contributed by atoms with Crippen molar-refractivity contribution in [3.63, 3.8) is 0 Å². The van der Waals surface area contributed by atoms with Crippen molar-refractivity contribution in [3.05, 3.63) is 65.2 Å². The summed E-state index contributed by atoms with van der Waals surface area (Å²) in [4.78, 5) is 12.1. The fourth-order valence-electron chi connectivity index (χ4n) is 2.11. The first-order chi connectivity index (χ1) is 11.3. The van der Waals surface area contributed by atoms with E-state index in [-0.39, 0.29) is 12.5 Å². The lowest BCUT2D eigenvalue weighted by molar-refractivity contribution is -0.137. The number of nitrogens with one attached hydrogen (secondary N) is 2. The molecule has 0 unspecified atom stereocenters. The van der Waals surface area contributed by atoms with Crippen LogP contribution in [-0.2, 0) is 17.5 Å². The van der Waals surface area contributed by atoms with Crippen LogP contribution < -0.4 is 10.6 Å². The largest absolute Gasteiger partial charge is 0.416 e. The van der Waals surface area contributed by atoms with E-state index in [9.17, 15) is 18.0 Å². The predicted molar refractivity (Wildman–Crippen MR) is 87.6 cm³/mol. The number of rotatable bonds is 5. The Balaban J connectivity index is 1.91. The Morgan fingerprint density at radius 3 is 2.42 bits per heavy atom.